The molecule has 3 rings (SSSR count). The molecule has 21 heavy (non-hydrogen) atoms. The second-order valence-corrected chi connectivity index (χ2v) is 5.41. The molecule has 0 radical (unpaired) electrons. The number of rotatable bonds is 2. The van der Waals surface area contributed by atoms with Gasteiger partial charge in [-0.25, -0.2) is 9.79 Å². The smallest absolute Gasteiger partial charge is 0.371 e. The van der Waals surface area contributed by atoms with Gasteiger partial charge >= 0.3 is 5.97 Å². The molecule has 1 aliphatic heterocycles. The summed E-state index contributed by atoms with van der Waals surface area (Å²) >= 11 is 12.3. The summed E-state index contributed by atoms with van der Waals surface area (Å²) in [7, 11) is 0. The van der Waals surface area contributed by atoms with Crippen LogP contribution >= 0.6 is 23.2 Å². The first-order chi connectivity index (χ1) is 10.1. The Morgan fingerprint density at radius 3 is 2.62 bits per heavy atom. The average Bonchev–Trinajstić information content (AvgIpc) is 2.47. The maximum atomic E-state index is 11.2. The van der Waals surface area contributed by atoms with E-state index in [0.29, 0.717) is 15.7 Å². The Hall–Kier alpha value is -2.04. The summed E-state index contributed by atoms with van der Waals surface area (Å²) < 4.78 is 0. The van der Waals surface area contributed by atoms with Gasteiger partial charge in [0.25, 0.3) is 0 Å². The Morgan fingerprint density at radius 2 is 1.90 bits per heavy atom. The molecular weight excluding hydrogens is 311 g/mol. The van der Waals surface area contributed by atoms with Crippen LogP contribution in [0.15, 0.2) is 47.5 Å². The largest absolute Gasteiger partial charge is 0.475 e. The molecule has 106 valence electrons. The molecule has 1 aliphatic rings. The summed E-state index contributed by atoms with van der Waals surface area (Å²) in [5, 5.41) is 13.1. The number of amidine groups is 1. The zero-order valence-electron chi connectivity index (χ0n) is 10.7. The van der Waals surface area contributed by atoms with Crippen LogP contribution in [0.5, 0.6) is 0 Å². The van der Waals surface area contributed by atoms with E-state index in [1.54, 1.807) is 24.3 Å². The highest BCUT2D eigenvalue weighted by Crippen LogP contribution is 2.39. The Bertz CT molecular complexity index is 759. The van der Waals surface area contributed by atoms with Crippen molar-refractivity contribution in [2.45, 2.75) is 6.04 Å². The molecule has 0 saturated heterocycles. The Morgan fingerprint density at radius 1 is 1.14 bits per heavy atom. The summed E-state index contributed by atoms with van der Waals surface area (Å²) in [5.74, 6) is -1.23. The normalized spacial score (nSPS) is 16.7. The molecular formula is C15H10Cl2N2O2. The Labute approximate surface area is 131 Å². The molecule has 6 heteroatoms. The Kier molecular flexibility index (Phi) is 3.57. The molecule has 4 nitrogen and oxygen atoms in total. The highest BCUT2D eigenvalue weighted by atomic mass is 35.5. The van der Waals surface area contributed by atoms with Crippen LogP contribution in [-0.2, 0) is 4.79 Å². The number of nitrogens with one attached hydrogen (secondary N) is 1. The van der Waals surface area contributed by atoms with E-state index in [4.69, 9.17) is 23.2 Å². The van der Waals surface area contributed by atoms with Gasteiger partial charge in [-0.1, -0.05) is 41.4 Å². The first kappa shape index (κ1) is 13.9. The zero-order chi connectivity index (χ0) is 15.0. The van der Waals surface area contributed by atoms with E-state index in [9.17, 15) is 9.90 Å². The number of hydrogen-bond donors (Lipinski definition) is 2. The molecule has 0 aromatic heterocycles. The molecule has 2 N–H and O–H groups in total. The van der Waals surface area contributed by atoms with E-state index in [-0.39, 0.29) is 5.84 Å². The number of aliphatic carboxylic acids is 1. The van der Waals surface area contributed by atoms with Crippen LogP contribution in [0.25, 0.3) is 0 Å². The highest BCUT2D eigenvalue weighted by Gasteiger charge is 2.27. The van der Waals surface area contributed by atoms with Crippen molar-refractivity contribution < 1.29 is 9.90 Å². The Balaban J connectivity index is 2.20. The van der Waals surface area contributed by atoms with Gasteiger partial charge in [-0.15, -0.1) is 0 Å². The minimum Gasteiger partial charge on any atom is -0.475 e. The first-order valence-electron chi connectivity index (χ1n) is 6.18. The average molecular weight is 321 g/mol. The van der Waals surface area contributed by atoms with Gasteiger partial charge in [0.15, 0.2) is 0 Å². The number of nitrogens with zero attached hydrogens (tertiary/aromatic N) is 1. The highest BCUT2D eigenvalue weighted by molar-refractivity contribution is 6.40. The lowest BCUT2D eigenvalue weighted by Crippen LogP contribution is -2.28. The van der Waals surface area contributed by atoms with Crippen molar-refractivity contribution in [3.05, 3.63) is 63.6 Å². The molecule has 0 amide bonds. The minimum atomic E-state index is -1.12. The second-order valence-electron chi connectivity index (χ2n) is 4.56. The predicted molar refractivity (Wildman–Crippen MR) is 83.4 cm³/mol. The van der Waals surface area contributed by atoms with E-state index < -0.39 is 12.0 Å². The molecule has 0 saturated carbocycles. The molecule has 0 spiro atoms. The number of carbonyl (C=O) groups is 1. The third kappa shape index (κ3) is 2.60. The van der Waals surface area contributed by atoms with Crippen LogP contribution in [-0.4, -0.2) is 16.9 Å². The summed E-state index contributed by atoms with van der Waals surface area (Å²) in [4.78, 5) is 15.5. The molecule has 1 atom stereocenters. The summed E-state index contributed by atoms with van der Waals surface area (Å²) in [6.07, 6.45) is 0. The lowest BCUT2D eigenvalue weighted by molar-refractivity contribution is -0.129. The monoisotopic (exact) mass is 320 g/mol. The van der Waals surface area contributed by atoms with Gasteiger partial charge in [-0.05, 0) is 29.8 Å². The molecule has 1 heterocycles. The molecule has 2 aromatic carbocycles. The van der Waals surface area contributed by atoms with E-state index >= 15 is 0 Å². The van der Waals surface area contributed by atoms with Gasteiger partial charge in [0.05, 0.1) is 0 Å². The molecule has 1 unspecified atom stereocenters. The summed E-state index contributed by atoms with van der Waals surface area (Å²) in [6, 6.07) is 11.9. The molecule has 0 bridgehead atoms. The van der Waals surface area contributed by atoms with Crippen LogP contribution in [0.3, 0.4) is 0 Å². The second kappa shape index (κ2) is 5.39. The number of hydrogen-bond acceptors (Lipinski definition) is 3. The standard InChI is InChI=1S/C15H10Cl2N2O2/c16-8-5-6-12-10(7-8)13(19-14(18-12)15(20)21)9-3-1-2-4-11(9)17/h1-7,13H,(H,18,19)(H,20,21). The quantitative estimate of drug-likeness (QED) is 0.879. The van der Waals surface area contributed by atoms with E-state index in [1.165, 1.54) is 0 Å². The van der Waals surface area contributed by atoms with Crippen molar-refractivity contribution in [1.82, 2.24) is 0 Å². The first-order valence-corrected chi connectivity index (χ1v) is 6.94. The SMILES string of the molecule is O=C(O)C1=NC(c2ccccc2Cl)c2cc(Cl)ccc2N1. The fourth-order valence-corrected chi connectivity index (χ4v) is 2.69. The number of anilines is 1. The van der Waals surface area contributed by atoms with Crippen LogP contribution in [0, 0.1) is 0 Å². The van der Waals surface area contributed by atoms with Crippen LogP contribution in [0.1, 0.15) is 17.2 Å². The van der Waals surface area contributed by atoms with Crippen molar-refractivity contribution in [1.29, 1.82) is 0 Å². The topological polar surface area (TPSA) is 61.7 Å². The number of fused-ring (bicyclic) bond motifs is 1. The van der Waals surface area contributed by atoms with E-state index in [2.05, 4.69) is 10.3 Å². The molecule has 0 fully saturated rings. The zero-order valence-corrected chi connectivity index (χ0v) is 12.2. The van der Waals surface area contributed by atoms with Gasteiger partial charge < -0.3 is 10.4 Å². The third-order valence-electron chi connectivity index (χ3n) is 3.22. The van der Waals surface area contributed by atoms with Gasteiger partial charge in [0.2, 0.25) is 5.84 Å². The fraction of sp³-hybridized carbons (Fsp3) is 0.0667. The maximum Gasteiger partial charge on any atom is 0.371 e. The summed E-state index contributed by atoms with van der Waals surface area (Å²) in [5.41, 5.74) is 2.19. The van der Waals surface area contributed by atoms with Crippen LogP contribution in [0.2, 0.25) is 10.0 Å². The number of halogens is 2. The number of carboxylic acids is 1. The van der Waals surface area contributed by atoms with E-state index in [0.717, 1.165) is 11.1 Å². The lowest BCUT2D eigenvalue weighted by Gasteiger charge is -2.24. The van der Waals surface area contributed by atoms with Gasteiger partial charge in [-0.2, -0.15) is 0 Å². The van der Waals surface area contributed by atoms with Crippen molar-refractivity contribution in [3.63, 3.8) is 0 Å². The van der Waals surface area contributed by atoms with Gasteiger partial charge in [0.1, 0.15) is 6.04 Å². The number of benzene rings is 2. The predicted octanol–water partition coefficient (Wildman–Crippen LogP) is 3.99. The van der Waals surface area contributed by atoms with Crippen molar-refractivity contribution in [3.8, 4) is 0 Å². The maximum absolute atomic E-state index is 11.2. The fourth-order valence-electron chi connectivity index (χ4n) is 2.27. The van der Waals surface area contributed by atoms with Crippen LogP contribution in [0.4, 0.5) is 5.69 Å². The lowest BCUT2D eigenvalue weighted by atomic mass is 9.96. The van der Waals surface area contributed by atoms with Crippen LogP contribution < -0.4 is 5.32 Å². The van der Waals surface area contributed by atoms with Gasteiger partial charge in [0, 0.05) is 21.3 Å². The number of carboxylic acid groups (broad SMARTS) is 1. The minimum absolute atomic E-state index is 0.116. The molecule has 0 aliphatic carbocycles. The van der Waals surface area contributed by atoms with Crippen molar-refractivity contribution in [2.75, 3.05) is 5.32 Å². The van der Waals surface area contributed by atoms with E-state index in [1.807, 2.05) is 18.2 Å². The third-order valence-corrected chi connectivity index (χ3v) is 3.80. The van der Waals surface area contributed by atoms with Crippen molar-refractivity contribution in [2.24, 2.45) is 4.99 Å². The molecule has 2 aromatic rings. The van der Waals surface area contributed by atoms with Gasteiger partial charge in [-0.3, -0.25) is 0 Å². The number of aliphatic imine (C=N–C) groups is 1. The van der Waals surface area contributed by atoms with Crippen molar-refractivity contribution >= 4 is 40.7 Å². The summed E-state index contributed by atoms with van der Waals surface area (Å²) in [6.45, 7) is 0.